The van der Waals surface area contributed by atoms with Gasteiger partial charge in [-0.1, -0.05) is 30.0 Å². The van der Waals surface area contributed by atoms with Gasteiger partial charge in [-0.2, -0.15) is 0 Å². The van der Waals surface area contributed by atoms with Crippen LogP contribution in [0.4, 0.5) is 0 Å². The summed E-state index contributed by atoms with van der Waals surface area (Å²) in [5.41, 5.74) is 0. The zero-order valence-corrected chi connectivity index (χ0v) is 15.0. The molecule has 2 aromatic rings. The number of ether oxygens (including phenoxy) is 2. The Morgan fingerprint density at radius 1 is 1.40 bits per heavy atom. The maximum Gasteiger partial charge on any atom is 0.232 e. The molecule has 7 nitrogen and oxygen atoms in total. The lowest BCUT2D eigenvalue weighted by Gasteiger charge is -2.26. The minimum Gasteiger partial charge on any atom is -0.485 e. The summed E-state index contributed by atoms with van der Waals surface area (Å²) in [6.07, 6.45) is 1.41. The predicted molar refractivity (Wildman–Crippen MR) is 94.9 cm³/mol. The molecule has 1 amide bonds. The molecule has 0 aliphatic carbocycles. The molecule has 1 atom stereocenters. The lowest BCUT2D eigenvalue weighted by atomic mass is 10.2. The second-order valence-corrected chi connectivity index (χ2v) is 6.62. The van der Waals surface area contributed by atoms with Crippen LogP contribution in [0.3, 0.4) is 0 Å². The van der Waals surface area contributed by atoms with Crippen molar-refractivity contribution in [2.75, 3.05) is 26.5 Å². The number of thioether (sulfide) groups is 1. The highest BCUT2D eigenvalue weighted by molar-refractivity contribution is 7.99. The number of rotatable bonds is 6. The molecular weight excluding hydrogens is 340 g/mol. The van der Waals surface area contributed by atoms with E-state index in [4.69, 9.17) is 9.47 Å². The van der Waals surface area contributed by atoms with E-state index in [1.165, 1.54) is 11.8 Å². The molecule has 3 rings (SSSR count). The van der Waals surface area contributed by atoms with E-state index < -0.39 is 0 Å². The number of amides is 1. The molecule has 1 aliphatic heterocycles. The van der Waals surface area contributed by atoms with Crippen molar-refractivity contribution >= 4 is 17.7 Å². The Kier molecular flexibility index (Phi) is 5.28. The van der Waals surface area contributed by atoms with Gasteiger partial charge in [0.25, 0.3) is 0 Å². The number of hydrogen-bond donors (Lipinski definition) is 0. The quantitative estimate of drug-likeness (QED) is 0.581. The second kappa shape index (κ2) is 7.60. The number of para-hydroxylation sites is 2. The predicted octanol–water partition coefficient (Wildman–Crippen LogP) is 2.16. The summed E-state index contributed by atoms with van der Waals surface area (Å²) in [4.78, 5) is 13.4. The van der Waals surface area contributed by atoms with Gasteiger partial charge < -0.3 is 14.4 Å². The van der Waals surface area contributed by atoms with Gasteiger partial charge >= 0.3 is 0 Å². The Labute approximate surface area is 150 Å². The van der Waals surface area contributed by atoms with Crippen molar-refractivity contribution in [3.05, 3.63) is 42.7 Å². The van der Waals surface area contributed by atoms with Crippen LogP contribution in [0.15, 0.2) is 42.1 Å². The third-order valence-electron chi connectivity index (χ3n) is 3.68. The molecule has 2 heterocycles. The van der Waals surface area contributed by atoms with Crippen LogP contribution in [0.1, 0.15) is 11.9 Å². The maximum atomic E-state index is 11.8. The van der Waals surface area contributed by atoms with E-state index in [2.05, 4.69) is 16.8 Å². The largest absolute Gasteiger partial charge is 0.485 e. The molecule has 0 N–H and O–H groups in total. The van der Waals surface area contributed by atoms with Crippen molar-refractivity contribution in [2.45, 2.75) is 17.8 Å². The lowest BCUT2D eigenvalue weighted by Crippen LogP contribution is -2.25. The molecule has 0 bridgehead atoms. The minimum absolute atomic E-state index is 0.0193. The van der Waals surface area contributed by atoms with Crippen molar-refractivity contribution in [1.82, 2.24) is 19.7 Å². The number of nitrogens with zero attached hydrogens (tertiary/aromatic N) is 4. The molecule has 0 unspecified atom stereocenters. The Balaban J connectivity index is 1.80. The first kappa shape index (κ1) is 17.3. The summed E-state index contributed by atoms with van der Waals surface area (Å²) < 4.78 is 13.7. The Morgan fingerprint density at radius 2 is 2.16 bits per heavy atom. The van der Waals surface area contributed by atoms with E-state index in [1.54, 1.807) is 25.1 Å². The van der Waals surface area contributed by atoms with Crippen LogP contribution in [0.25, 0.3) is 0 Å². The van der Waals surface area contributed by atoms with Crippen molar-refractivity contribution in [3.8, 4) is 11.5 Å². The number of aromatic nitrogens is 3. The number of hydrogen-bond acceptors (Lipinski definition) is 6. The first-order chi connectivity index (χ1) is 12.1. The molecule has 1 aromatic heterocycles. The molecule has 25 heavy (non-hydrogen) atoms. The van der Waals surface area contributed by atoms with Gasteiger partial charge in [0.1, 0.15) is 6.61 Å². The van der Waals surface area contributed by atoms with Crippen molar-refractivity contribution in [2.24, 2.45) is 0 Å². The summed E-state index contributed by atoms with van der Waals surface area (Å²) in [6.45, 7) is 4.67. The second-order valence-electron chi connectivity index (χ2n) is 5.68. The van der Waals surface area contributed by atoms with Gasteiger partial charge in [-0.15, -0.1) is 16.8 Å². The summed E-state index contributed by atoms with van der Waals surface area (Å²) in [5.74, 6) is 2.39. The summed E-state index contributed by atoms with van der Waals surface area (Å²) >= 11 is 1.35. The molecule has 0 fully saturated rings. The third kappa shape index (κ3) is 3.79. The van der Waals surface area contributed by atoms with Crippen LogP contribution >= 0.6 is 11.8 Å². The minimum atomic E-state index is -0.360. The average molecular weight is 360 g/mol. The van der Waals surface area contributed by atoms with Crippen LogP contribution in [-0.2, 0) is 11.3 Å². The number of fused-ring (bicyclic) bond motifs is 1. The van der Waals surface area contributed by atoms with Crippen LogP contribution in [0, 0.1) is 0 Å². The highest BCUT2D eigenvalue weighted by Gasteiger charge is 2.28. The fourth-order valence-electron chi connectivity index (χ4n) is 2.35. The van der Waals surface area contributed by atoms with E-state index in [9.17, 15) is 4.79 Å². The average Bonchev–Trinajstić information content (AvgIpc) is 3.02. The maximum absolute atomic E-state index is 11.8. The Hall–Kier alpha value is -2.48. The monoisotopic (exact) mass is 360 g/mol. The Bertz CT molecular complexity index is 775. The van der Waals surface area contributed by atoms with E-state index in [-0.39, 0.29) is 12.0 Å². The topological polar surface area (TPSA) is 69.5 Å². The molecule has 0 saturated carbocycles. The highest BCUT2D eigenvalue weighted by atomic mass is 32.2. The zero-order chi connectivity index (χ0) is 17.8. The van der Waals surface area contributed by atoms with E-state index in [0.717, 1.165) is 5.75 Å². The highest BCUT2D eigenvalue weighted by Crippen LogP contribution is 2.36. The fourth-order valence-corrected chi connectivity index (χ4v) is 3.28. The standard InChI is InChI=1S/C17H20N4O3S/c1-4-9-21-16(18-19-17(21)25-11-15(22)20(2)3)14-10-23-12-7-5-6-8-13(12)24-14/h4-8,14H,1,9-11H2,2-3H3/t14-/m1/s1. The van der Waals surface area contributed by atoms with Crippen LogP contribution in [0.5, 0.6) is 11.5 Å². The van der Waals surface area contributed by atoms with Crippen molar-refractivity contribution in [1.29, 1.82) is 0 Å². The SMILES string of the molecule is C=CCn1c(SCC(=O)N(C)C)nnc1[C@H]1COc2ccccc2O1. The van der Waals surface area contributed by atoms with Gasteiger partial charge in [-0.3, -0.25) is 9.36 Å². The van der Waals surface area contributed by atoms with Crippen molar-refractivity contribution < 1.29 is 14.3 Å². The van der Waals surface area contributed by atoms with Crippen molar-refractivity contribution in [3.63, 3.8) is 0 Å². The summed E-state index contributed by atoms with van der Waals surface area (Å²) in [6, 6.07) is 7.53. The lowest BCUT2D eigenvalue weighted by molar-refractivity contribution is -0.125. The fraction of sp³-hybridized carbons (Fsp3) is 0.353. The van der Waals surface area contributed by atoms with Crippen LogP contribution < -0.4 is 9.47 Å². The molecule has 1 aliphatic rings. The first-order valence-electron chi connectivity index (χ1n) is 7.85. The molecule has 0 saturated heterocycles. The van der Waals surface area contributed by atoms with Gasteiger partial charge in [-0.05, 0) is 12.1 Å². The third-order valence-corrected chi connectivity index (χ3v) is 4.63. The molecule has 0 spiro atoms. The number of carbonyl (C=O) groups excluding carboxylic acids is 1. The van der Waals surface area contributed by atoms with Crippen LogP contribution in [-0.4, -0.2) is 52.0 Å². The first-order valence-corrected chi connectivity index (χ1v) is 8.84. The van der Waals surface area contributed by atoms with E-state index >= 15 is 0 Å². The van der Waals surface area contributed by atoms with Gasteiger partial charge in [0.05, 0.1) is 5.75 Å². The normalized spacial score (nSPS) is 15.7. The number of allylic oxidation sites excluding steroid dienone is 1. The van der Waals surface area contributed by atoms with E-state index in [1.807, 2.05) is 28.8 Å². The number of carbonyl (C=O) groups is 1. The molecule has 132 valence electrons. The molecular formula is C17H20N4O3S. The molecule has 1 aromatic carbocycles. The zero-order valence-electron chi connectivity index (χ0n) is 14.2. The smallest absolute Gasteiger partial charge is 0.232 e. The Morgan fingerprint density at radius 3 is 2.88 bits per heavy atom. The summed E-state index contributed by atoms with van der Waals surface area (Å²) in [5, 5.41) is 9.15. The van der Waals surface area contributed by atoms with Gasteiger partial charge in [-0.25, -0.2) is 0 Å². The summed E-state index contributed by atoms with van der Waals surface area (Å²) in [7, 11) is 3.46. The van der Waals surface area contributed by atoms with Gasteiger partial charge in [0, 0.05) is 20.6 Å². The molecule has 0 radical (unpaired) electrons. The van der Waals surface area contributed by atoms with Gasteiger partial charge in [0.15, 0.2) is 28.6 Å². The molecule has 8 heteroatoms. The van der Waals surface area contributed by atoms with Crippen LogP contribution in [0.2, 0.25) is 0 Å². The van der Waals surface area contributed by atoms with E-state index in [0.29, 0.717) is 35.6 Å². The van der Waals surface area contributed by atoms with Gasteiger partial charge in [0.2, 0.25) is 5.91 Å². The number of benzene rings is 1.